The van der Waals surface area contributed by atoms with Crippen molar-refractivity contribution in [3.05, 3.63) is 29.6 Å². The lowest BCUT2D eigenvalue weighted by molar-refractivity contribution is -0.117. The predicted molar refractivity (Wildman–Crippen MR) is 52.7 cm³/mol. The van der Waals surface area contributed by atoms with E-state index in [1.165, 1.54) is 6.07 Å². The summed E-state index contributed by atoms with van der Waals surface area (Å²) in [5.41, 5.74) is 1.17. The first-order chi connectivity index (χ1) is 6.74. The molecule has 0 radical (unpaired) electrons. The van der Waals surface area contributed by atoms with Crippen LogP contribution in [0.5, 0.6) is 0 Å². The molecule has 3 heteroatoms. The second-order valence-electron chi connectivity index (χ2n) is 3.53. The maximum absolute atomic E-state index is 13.3. The maximum Gasteiger partial charge on any atom is 0.232 e. The highest BCUT2D eigenvalue weighted by Crippen LogP contribution is 2.36. The van der Waals surface area contributed by atoms with E-state index in [1.54, 1.807) is 6.07 Å². The van der Waals surface area contributed by atoms with Gasteiger partial charge < -0.3 is 5.32 Å². The van der Waals surface area contributed by atoms with Crippen molar-refractivity contribution in [3.63, 3.8) is 0 Å². The summed E-state index contributed by atoms with van der Waals surface area (Å²) in [7, 11) is 0. The maximum atomic E-state index is 13.3. The topological polar surface area (TPSA) is 29.1 Å². The summed E-state index contributed by atoms with van der Waals surface area (Å²) in [5, 5.41) is 2.59. The van der Waals surface area contributed by atoms with Gasteiger partial charge in [-0.3, -0.25) is 4.79 Å². The Morgan fingerprint density at radius 3 is 3.00 bits per heavy atom. The second-order valence-corrected chi connectivity index (χ2v) is 3.53. The fraction of sp³-hybridized carbons (Fsp3) is 0.364. The molecule has 1 aliphatic heterocycles. The van der Waals surface area contributed by atoms with Crippen LogP contribution in [0.4, 0.5) is 10.1 Å². The average Bonchev–Trinajstić information content (AvgIpc) is 2.47. The molecule has 2 nitrogen and oxygen atoms in total. The van der Waals surface area contributed by atoms with Gasteiger partial charge >= 0.3 is 0 Å². The standard InChI is InChI=1S/C11H12FNO/c1-2-4-8-7-5-3-6-9(12)10(7)13-11(8)14/h3,5-6,8H,2,4H2,1H3,(H,13,14). The molecule has 0 saturated heterocycles. The van der Waals surface area contributed by atoms with Crippen LogP contribution in [0.3, 0.4) is 0 Å². The van der Waals surface area contributed by atoms with Crippen molar-refractivity contribution in [1.29, 1.82) is 0 Å². The quantitative estimate of drug-likeness (QED) is 0.768. The summed E-state index contributed by atoms with van der Waals surface area (Å²) in [6.07, 6.45) is 1.70. The van der Waals surface area contributed by atoms with Crippen LogP contribution in [0.25, 0.3) is 0 Å². The lowest BCUT2D eigenvalue weighted by Gasteiger charge is -2.05. The van der Waals surface area contributed by atoms with Crippen molar-refractivity contribution in [2.24, 2.45) is 0 Å². The van der Waals surface area contributed by atoms with Crippen LogP contribution in [-0.4, -0.2) is 5.91 Å². The SMILES string of the molecule is CCCC1C(=O)Nc2c(F)cccc21. The number of nitrogens with one attached hydrogen (secondary N) is 1. The van der Waals surface area contributed by atoms with Crippen LogP contribution in [0.1, 0.15) is 31.2 Å². The number of halogens is 1. The summed E-state index contributed by atoms with van der Waals surface area (Å²) in [5.74, 6) is -0.577. The number of amides is 1. The number of hydrogen-bond acceptors (Lipinski definition) is 1. The van der Waals surface area contributed by atoms with Gasteiger partial charge in [-0.25, -0.2) is 4.39 Å². The van der Waals surface area contributed by atoms with E-state index < -0.39 is 0 Å². The molecule has 1 aromatic carbocycles. The molecule has 1 unspecified atom stereocenters. The van der Waals surface area contributed by atoms with E-state index in [2.05, 4.69) is 5.32 Å². The van der Waals surface area contributed by atoms with E-state index in [0.29, 0.717) is 5.69 Å². The van der Waals surface area contributed by atoms with E-state index in [1.807, 2.05) is 13.0 Å². The summed E-state index contributed by atoms with van der Waals surface area (Å²) in [6, 6.07) is 4.83. The summed E-state index contributed by atoms with van der Waals surface area (Å²) in [4.78, 5) is 11.5. The van der Waals surface area contributed by atoms with Gasteiger partial charge in [0.1, 0.15) is 5.82 Å². The number of carbonyl (C=O) groups excluding carboxylic acids is 1. The minimum atomic E-state index is -0.338. The van der Waals surface area contributed by atoms with Crippen molar-refractivity contribution >= 4 is 11.6 Å². The third kappa shape index (κ3) is 1.29. The molecular weight excluding hydrogens is 181 g/mol. The van der Waals surface area contributed by atoms with E-state index in [0.717, 1.165) is 18.4 Å². The average molecular weight is 193 g/mol. The number of benzene rings is 1. The largest absolute Gasteiger partial charge is 0.323 e. The minimum Gasteiger partial charge on any atom is -0.323 e. The Bertz CT molecular complexity index is 376. The Hall–Kier alpha value is -1.38. The fourth-order valence-corrected chi connectivity index (χ4v) is 1.89. The molecule has 14 heavy (non-hydrogen) atoms. The molecule has 0 bridgehead atoms. The molecule has 1 atom stereocenters. The van der Waals surface area contributed by atoms with Crippen LogP contribution >= 0.6 is 0 Å². The van der Waals surface area contributed by atoms with Crippen LogP contribution < -0.4 is 5.32 Å². The summed E-state index contributed by atoms with van der Waals surface area (Å²) < 4.78 is 13.3. The Morgan fingerprint density at radius 2 is 2.29 bits per heavy atom. The Labute approximate surface area is 82.1 Å². The van der Waals surface area contributed by atoms with E-state index in [9.17, 15) is 9.18 Å². The Balaban J connectivity index is 2.42. The second kappa shape index (κ2) is 3.40. The van der Waals surface area contributed by atoms with Gasteiger partial charge in [0.25, 0.3) is 0 Å². The monoisotopic (exact) mass is 193 g/mol. The van der Waals surface area contributed by atoms with Crippen molar-refractivity contribution in [1.82, 2.24) is 0 Å². The van der Waals surface area contributed by atoms with Gasteiger partial charge in [-0.05, 0) is 18.1 Å². The van der Waals surface area contributed by atoms with E-state index in [-0.39, 0.29) is 17.6 Å². The molecule has 1 aromatic rings. The van der Waals surface area contributed by atoms with E-state index in [4.69, 9.17) is 0 Å². The number of para-hydroxylation sites is 1. The molecule has 1 N–H and O–H groups in total. The number of rotatable bonds is 2. The fourth-order valence-electron chi connectivity index (χ4n) is 1.89. The third-order valence-electron chi connectivity index (χ3n) is 2.56. The van der Waals surface area contributed by atoms with Crippen LogP contribution in [0.15, 0.2) is 18.2 Å². The normalized spacial score (nSPS) is 19.3. The van der Waals surface area contributed by atoms with Gasteiger partial charge in [-0.2, -0.15) is 0 Å². The highest BCUT2D eigenvalue weighted by molar-refractivity contribution is 6.02. The predicted octanol–water partition coefficient (Wildman–Crippen LogP) is 2.66. The Kier molecular flexibility index (Phi) is 2.23. The highest BCUT2D eigenvalue weighted by Gasteiger charge is 2.31. The van der Waals surface area contributed by atoms with Crippen LogP contribution in [-0.2, 0) is 4.79 Å². The number of fused-ring (bicyclic) bond motifs is 1. The molecule has 0 aliphatic carbocycles. The molecule has 0 fully saturated rings. The number of anilines is 1. The van der Waals surface area contributed by atoms with Crippen LogP contribution in [0, 0.1) is 5.82 Å². The van der Waals surface area contributed by atoms with E-state index >= 15 is 0 Å². The minimum absolute atomic E-state index is 0.0769. The first kappa shape index (κ1) is 9.19. The van der Waals surface area contributed by atoms with Crippen molar-refractivity contribution in [2.75, 3.05) is 5.32 Å². The van der Waals surface area contributed by atoms with Gasteiger partial charge in [-0.1, -0.05) is 25.5 Å². The smallest absolute Gasteiger partial charge is 0.232 e. The molecule has 74 valence electrons. The molecule has 2 rings (SSSR count). The zero-order valence-corrected chi connectivity index (χ0v) is 8.01. The highest BCUT2D eigenvalue weighted by atomic mass is 19.1. The zero-order valence-electron chi connectivity index (χ0n) is 8.01. The third-order valence-corrected chi connectivity index (χ3v) is 2.56. The lowest BCUT2D eigenvalue weighted by atomic mass is 9.96. The molecule has 0 saturated carbocycles. The lowest BCUT2D eigenvalue weighted by Crippen LogP contribution is -2.11. The van der Waals surface area contributed by atoms with Gasteiger partial charge in [0.15, 0.2) is 0 Å². The molecule has 0 spiro atoms. The van der Waals surface area contributed by atoms with Crippen molar-refractivity contribution < 1.29 is 9.18 Å². The summed E-state index contributed by atoms with van der Waals surface area (Å²) in [6.45, 7) is 2.02. The first-order valence-corrected chi connectivity index (χ1v) is 4.83. The molecule has 0 aromatic heterocycles. The zero-order chi connectivity index (χ0) is 10.1. The molecule has 1 aliphatic rings. The van der Waals surface area contributed by atoms with Crippen LogP contribution in [0.2, 0.25) is 0 Å². The molecule has 1 heterocycles. The van der Waals surface area contributed by atoms with Crippen molar-refractivity contribution in [3.8, 4) is 0 Å². The van der Waals surface area contributed by atoms with Gasteiger partial charge in [0.2, 0.25) is 5.91 Å². The molecule has 1 amide bonds. The van der Waals surface area contributed by atoms with Gasteiger partial charge in [-0.15, -0.1) is 0 Å². The first-order valence-electron chi connectivity index (χ1n) is 4.83. The van der Waals surface area contributed by atoms with Gasteiger partial charge in [0, 0.05) is 0 Å². The van der Waals surface area contributed by atoms with Crippen molar-refractivity contribution in [2.45, 2.75) is 25.7 Å². The number of carbonyl (C=O) groups is 1. The van der Waals surface area contributed by atoms with Gasteiger partial charge in [0.05, 0.1) is 11.6 Å². The number of hydrogen-bond donors (Lipinski definition) is 1. The molecular formula is C11H12FNO. The summed E-state index contributed by atoms with van der Waals surface area (Å²) >= 11 is 0. The Morgan fingerprint density at radius 1 is 1.50 bits per heavy atom.